The van der Waals surface area contributed by atoms with Crippen molar-refractivity contribution in [3.8, 4) is 0 Å². The molecule has 0 aliphatic carbocycles. The number of aliphatic hydroxyl groups is 1. The van der Waals surface area contributed by atoms with Crippen molar-refractivity contribution in [2.24, 2.45) is 0 Å². The first-order valence-corrected chi connectivity index (χ1v) is 8.26. The van der Waals surface area contributed by atoms with Crippen molar-refractivity contribution < 1.29 is 14.6 Å². The lowest BCUT2D eigenvalue weighted by molar-refractivity contribution is 0.0680. The predicted octanol–water partition coefficient (Wildman–Crippen LogP) is 4.01. The Balaban J connectivity index is 3.14. The van der Waals surface area contributed by atoms with E-state index < -0.39 is 12.2 Å². The van der Waals surface area contributed by atoms with Crippen molar-refractivity contribution in [1.29, 1.82) is 0 Å². The average Bonchev–Trinajstić information content (AvgIpc) is 2.44. The molecule has 120 valence electrons. The van der Waals surface area contributed by atoms with Crippen LogP contribution in [0.25, 0.3) is 0 Å². The topological polar surface area (TPSA) is 58.6 Å². The molecule has 0 fully saturated rings. The molecule has 0 bridgehead atoms. The van der Waals surface area contributed by atoms with E-state index in [4.69, 9.17) is 9.84 Å². The molecule has 1 unspecified atom stereocenters. The largest absolute Gasteiger partial charge is 0.444 e. The second kappa shape index (κ2) is 14.6. The van der Waals surface area contributed by atoms with Gasteiger partial charge in [0, 0.05) is 6.54 Å². The number of rotatable bonds is 13. The molecule has 0 saturated heterocycles. The van der Waals surface area contributed by atoms with Crippen molar-refractivity contribution in [2.45, 2.75) is 84.2 Å². The van der Waals surface area contributed by atoms with Crippen molar-refractivity contribution in [2.75, 3.05) is 13.2 Å². The van der Waals surface area contributed by atoms with Crippen molar-refractivity contribution in [1.82, 2.24) is 5.32 Å². The smallest absolute Gasteiger partial charge is 0.407 e. The number of nitrogens with one attached hydrogen (secondary N) is 1. The molecule has 0 spiro atoms. The van der Waals surface area contributed by atoms with Crippen LogP contribution in [0, 0.1) is 0 Å². The highest BCUT2D eigenvalue weighted by Gasteiger charge is 2.06. The average molecular weight is 287 g/mol. The van der Waals surface area contributed by atoms with Gasteiger partial charge in [-0.15, -0.1) is 0 Å². The van der Waals surface area contributed by atoms with Crippen LogP contribution >= 0.6 is 0 Å². The molecule has 0 aromatic carbocycles. The minimum atomic E-state index is -0.428. The molecule has 1 atom stereocenters. The second-order valence-electron chi connectivity index (χ2n) is 5.51. The predicted molar refractivity (Wildman–Crippen MR) is 82.9 cm³/mol. The Labute approximate surface area is 124 Å². The Morgan fingerprint density at radius 2 is 1.50 bits per heavy atom. The van der Waals surface area contributed by atoms with Crippen LogP contribution in [-0.2, 0) is 4.74 Å². The molecular formula is C16H33NO3. The van der Waals surface area contributed by atoms with Crippen LogP contribution in [0.1, 0.15) is 78.1 Å². The Hall–Kier alpha value is -0.770. The number of alkyl carbamates (subject to hydrolysis) is 1. The van der Waals surface area contributed by atoms with Gasteiger partial charge in [-0.3, -0.25) is 0 Å². The van der Waals surface area contributed by atoms with Gasteiger partial charge >= 0.3 is 6.09 Å². The van der Waals surface area contributed by atoms with Crippen molar-refractivity contribution >= 4 is 6.09 Å². The van der Waals surface area contributed by atoms with E-state index in [0.717, 1.165) is 12.8 Å². The number of aliphatic hydroxyl groups excluding tert-OH is 1. The second-order valence-corrected chi connectivity index (χ2v) is 5.51. The lowest BCUT2D eigenvalue weighted by Crippen LogP contribution is -2.29. The Morgan fingerprint density at radius 3 is 2.00 bits per heavy atom. The number of ether oxygens (including phenoxy) is 1. The number of amides is 1. The summed E-state index contributed by atoms with van der Waals surface area (Å²) in [5.74, 6) is 0. The summed E-state index contributed by atoms with van der Waals surface area (Å²) in [5, 5.41) is 11.4. The fourth-order valence-corrected chi connectivity index (χ4v) is 2.06. The summed E-state index contributed by atoms with van der Waals surface area (Å²) in [7, 11) is 0. The standard InChI is InChI=1S/C16H33NO3/c1-3-4-5-6-7-8-9-10-11-12-13-17-16(19)20-15(2)14-18/h15,18H,3-14H2,1-2H3,(H,17,19). The van der Waals surface area contributed by atoms with Crippen LogP contribution in [0.4, 0.5) is 4.79 Å². The number of carbonyl (C=O) groups excluding carboxylic acids is 1. The number of hydrogen-bond acceptors (Lipinski definition) is 3. The van der Waals surface area contributed by atoms with Gasteiger partial charge in [0.05, 0.1) is 6.61 Å². The first-order valence-electron chi connectivity index (χ1n) is 8.26. The van der Waals surface area contributed by atoms with Crippen LogP contribution in [-0.4, -0.2) is 30.5 Å². The molecule has 0 aliphatic rings. The quantitative estimate of drug-likeness (QED) is 0.503. The third-order valence-corrected chi connectivity index (χ3v) is 3.36. The van der Waals surface area contributed by atoms with E-state index in [1.54, 1.807) is 6.92 Å². The summed E-state index contributed by atoms with van der Waals surface area (Å²) < 4.78 is 4.89. The number of unbranched alkanes of at least 4 members (excludes halogenated alkanes) is 9. The van der Waals surface area contributed by atoms with Crippen LogP contribution in [0.15, 0.2) is 0 Å². The summed E-state index contributed by atoms with van der Waals surface area (Å²) in [6, 6.07) is 0. The first-order chi connectivity index (χ1) is 9.70. The van der Waals surface area contributed by atoms with Gasteiger partial charge < -0.3 is 15.2 Å². The number of hydrogen-bond donors (Lipinski definition) is 2. The maximum atomic E-state index is 11.2. The molecule has 0 rings (SSSR count). The van der Waals surface area contributed by atoms with E-state index in [9.17, 15) is 4.79 Å². The van der Waals surface area contributed by atoms with Crippen LogP contribution in [0.3, 0.4) is 0 Å². The summed E-state index contributed by atoms with van der Waals surface area (Å²) in [4.78, 5) is 11.2. The summed E-state index contributed by atoms with van der Waals surface area (Å²) in [6.07, 6.45) is 12.0. The molecule has 0 saturated carbocycles. The summed E-state index contributed by atoms with van der Waals surface area (Å²) in [6.45, 7) is 4.44. The molecule has 0 radical (unpaired) electrons. The monoisotopic (exact) mass is 287 g/mol. The first kappa shape index (κ1) is 19.2. The maximum absolute atomic E-state index is 11.2. The normalized spacial score (nSPS) is 12.2. The Kier molecular flexibility index (Phi) is 14.1. The van der Waals surface area contributed by atoms with E-state index in [-0.39, 0.29) is 6.61 Å². The maximum Gasteiger partial charge on any atom is 0.407 e. The highest BCUT2D eigenvalue weighted by Crippen LogP contribution is 2.10. The zero-order valence-corrected chi connectivity index (χ0v) is 13.3. The van der Waals surface area contributed by atoms with E-state index >= 15 is 0 Å². The van der Waals surface area contributed by atoms with Crippen LogP contribution in [0.2, 0.25) is 0 Å². The third-order valence-electron chi connectivity index (χ3n) is 3.36. The van der Waals surface area contributed by atoms with Crippen molar-refractivity contribution in [3.63, 3.8) is 0 Å². The SMILES string of the molecule is CCCCCCCCCCCCNC(=O)OC(C)CO. The summed E-state index contributed by atoms with van der Waals surface area (Å²) in [5.41, 5.74) is 0. The molecular weight excluding hydrogens is 254 g/mol. The van der Waals surface area contributed by atoms with E-state index in [2.05, 4.69) is 12.2 Å². The highest BCUT2D eigenvalue weighted by atomic mass is 16.6. The fourth-order valence-electron chi connectivity index (χ4n) is 2.06. The minimum Gasteiger partial charge on any atom is -0.444 e. The molecule has 0 heterocycles. The van der Waals surface area contributed by atoms with Gasteiger partial charge in [-0.05, 0) is 13.3 Å². The minimum absolute atomic E-state index is 0.133. The van der Waals surface area contributed by atoms with Crippen molar-refractivity contribution in [3.05, 3.63) is 0 Å². The molecule has 20 heavy (non-hydrogen) atoms. The fraction of sp³-hybridized carbons (Fsp3) is 0.938. The van der Waals surface area contributed by atoms with Gasteiger partial charge in [-0.25, -0.2) is 4.79 Å². The van der Waals surface area contributed by atoms with Gasteiger partial charge in [0.25, 0.3) is 0 Å². The van der Waals surface area contributed by atoms with Gasteiger partial charge in [-0.1, -0.05) is 64.7 Å². The van der Waals surface area contributed by atoms with E-state index in [1.165, 1.54) is 51.4 Å². The lowest BCUT2D eigenvalue weighted by Gasteiger charge is -2.11. The zero-order valence-electron chi connectivity index (χ0n) is 13.3. The zero-order chi connectivity index (χ0) is 15.1. The van der Waals surface area contributed by atoms with Gasteiger partial charge in [0.15, 0.2) is 0 Å². The summed E-state index contributed by atoms with van der Waals surface area (Å²) >= 11 is 0. The molecule has 1 amide bonds. The van der Waals surface area contributed by atoms with Crippen LogP contribution in [0.5, 0.6) is 0 Å². The molecule has 0 aromatic rings. The van der Waals surface area contributed by atoms with Gasteiger partial charge in [0.2, 0.25) is 0 Å². The van der Waals surface area contributed by atoms with Gasteiger partial charge in [-0.2, -0.15) is 0 Å². The Bertz CT molecular complexity index is 222. The third kappa shape index (κ3) is 13.7. The molecule has 2 N–H and O–H groups in total. The van der Waals surface area contributed by atoms with Gasteiger partial charge in [0.1, 0.15) is 6.10 Å². The molecule has 4 nitrogen and oxygen atoms in total. The molecule has 4 heteroatoms. The number of carbonyl (C=O) groups is 1. The van der Waals surface area contributed by atoms with E-state index in [1.807, 2.05) is 0 Å². The Morgan fingerprint density at radius 1 is 1.00 bits per heavy atom. The lowest BCUT2D eigenvalue weighted by atomic mass is 10.1. The van der Waals surface area contributed by atoms with E-state index in [0.29, 0.717) is 6.54 Å². The molecule has 0 aromatic heterocycles. The molecule has 0 aliphatic heterocycles. The van der Waals surface area contributed by atoms with Crippen LogP contribution < -0.4 is 5.32 Å². The highest BCUT2D eigenvalue weighted by molar-refractivity contribution is 5.67.